The van der Waals surface area contributed by atoms with Crippen molar-refractivity contribution < 1.29 is 5.11 Å². The fraction of sp³-hybridized carbons (Fsp3) is 0.769. The summed E-state index contributed by atoms with van der Waals surface area (Å²) >= 11 is 1.74. The van der Waals surface area contributed by atoms with Gasteiger partial charge in [-0.25, -0.2) is 4.98 Å². The monoisotopic (exact) mass is 239 g/mol. The first-order valence-electron chi connectivity index (χ1n) is 6.24. The molecule has 0 amide bonds. The Labute approximate surface area is 102 Å². The predicted octanol–water partition coefficient (Wildman–Crippen LogP) is 3.39. The molecule has 2 rings (SSSR count). The minimum Gasteiger partial charge on any atom is -0.389 e. The molecule has 1 aliphatic carbocycles. The summed E-state index contributed by atoms with van der Waals surface area (Å²) in [4.78, 5) is 5.82. The van der Waals surface area contributed by atoms with Gasteiger partial charge in [0.1, 0.15) is 0 Å². The number of thiazole rings is 1. The molecule has 2 nitrogen and oxygen atoms in total. The molecule has 0 unspecified atom stereocenters. The Morgan fingerprint density at radius 3 is 2.31 bits per heavy atom. The van der Waals surface area contributed by atoms with Crippen LogP contribution in [0.25, 0.3) is 0 Å². The zero-order valence-corrected chi connectivity index (χ0v) is 11.1. The number of rotatable bonds is 2. The van der Waals surface area contributed by atoms with Gasteiger partial charge in [-0.1, -0.05) is 25.7 Å². The summed E-state index contributed by atoms with van der Waals surface area (Å²) in [5.41, 5.74) is 0.643. The summed E-state index contributed by atoms with van der Waals surface area (Å²) < 4.78 is 0. The third-order valence-corrected chi connectivity index (χ3v) is 4.66. The van der Waals surface area contributed by atoms with Crippen molar-refractivity contribution in [2.75, 3.05) is 0 Å². The van der Waals surface area contributed by atoms with Crippen molar-refractivity contribution >= 4 is 11.3 Å². The van der Waals surface area contributed by atoms with Crippen LogP contribution in [0, 0.1) is 13.8 Å². The molecule has 3 heteroatoms. The molecule has 0 spiro atoms. The number of hydrogen-bond donors (Lipinski definition) is 1. The fourth-order valence-electron chi connectivity index (χ4n) is 2.46. The smallest absolute Gasteiger partial charge is 0.0959 e. The molecular weight excluding hydrogens is 218 g/mol. The van der Waals surface area contributed by atoms with E-state index in [1.54, 1.807) is 11.3 Å². The van der Waals surface area contributed by atoms with Gasteiger partial charge in [0, 0.05) is 11.3 Å². The van der Waals surface area contributed by atoms with Crippen LogP contribution in [0.5, 0.6) is 0 Å². The molecule has 1 saturated carbocycles. The van der Waals surface area contributed by atoms with Gasteiger partial charge in [0.05, 0.1) is 16.3 Å². The molecule has 0 radical (unpaired) electrons. The zero-order valence-electron chi connectivity index (χ0n) is 10.3. The topological polar surface area (TPSA) is 33.1 Å². The van der Waals surface area contributed by atoms with E-state index in [1.807, 2.05) is 6.92 Å². The van der Waals surface area contributed by atoms with Crippen LogP contribution in [-0.2, 0) is 6.42 Å². The van der Waals surface area contributed by atoms with E-state index in [-0.39, 0.29) is 0 Å². The normalized spacial score (nSPS) is 20.7. The highest BCUT2D eigenvalue weighted by Crippen LogP contribution is 2.31. The maximum atomic E-state index is 10.6. The summed E-state index contributed by atoms with van der Waals surface area (Å²) in [5.74, 6) is 0. The molecule has 1 aromatic heterocycles. The Morgan fingerprint density at radius 2 is 1.81 bits per heavy atom. The summed E-state index contributed by atoms with van der Waals surface area (Å²) in [5, 5.41) is 11.7. The third-order valence-electron chi connectivity index (χ3n) is 3.59. The molecule has 1 aliphatic rings. The second kappa shape index (κ2) is 4.84. The van der Waals surface area contributed by atoms with E-state index in [0.29, 0.717) is 0 Å². The molecule has 1 heterocycles. The molecule has 0 atom stereocenters. The number of aliphatic hydroxyl groups is 1. The second-order valence-electron chi connectivity index (χ2n) is 5.06. The van der Waals surface area contributed by atoms with Crippen LogP contribution in [0.15, 0.2) is 0 Å². The summed E-state index contributed by atoms with van der Waals surface area (Å²) in [6, 6.07) is 0. The van der Waals surface area contributed by atoms with Crippen LogP contribution in [0.2, 0.25) is 0 Å². The first-order valence-corrected chi connectivity index (χ1v) is 7.06. The number of aryl methyl sites for hydroxylation is 2. The van der Waals surface area contributed by atoms with Gasteiger partial charge < -0.3 is 5.11 Å². The Bertz CT molecular complexity index is 331. The van der Waals surface area contributed by atoms with Gasteiger partial charge in [-0.05, 0) is 26.7 Å². The molecule has 90 valence electrons. The lowest BCUT2D eigenvalue weighted by Crippen LogP contribution is -2.30. The van der Waals surface area contributed by atoms with Crippen molar-refractivity contribution in [3.05, 3.63) is 15.6 Å². The first kappa shape index (κ1) is 12.1. The van der Waals surface area contributed by atoms with E-state index in [9.17, 15) is 5.11 Å². The quantitative estimate of drug-likeness (QED) is 0.803. The van der Waals surface area contributed by atoms with Crippen molar-refractivity contribution in [3.63, 3.8) is 0 Å². The molecule has 0 bridgehead atoms. The van der Waals surface area contributed by atoms with Gasteiger partial charge in [0.15, 0.2) is 0 Å². The zero-order chi connectivity index (χ0) is 11.6. The molecule has 16 heavy (non-hydrogen) atoms. The Balaban J connectivity index is 2.06. The van der Waals surface area contributed by atoms with Gasteiger partial charge in [-0.15, -0.1) is 11.3 Å². The van der Waals surface area contributed by atoms with E-state index < -0.39 is 5.60 Å². The van der Waals surface area contributed by atoms with Crippen molar-refractivity contribution in [1.29, 1.82) is 0 Å². The maximum absolute atomic E-state index is 10.6. The van der Waals surface area contributed by atoms with Crippen molar-refractivity contribution in [2.24, 2.45) is 0 Å². The molecular formula is C13H21NOS. The van der Waals surface area contributed by atoms with Crippen LogP contribution in [-0.4, -0.2) is 15.7 Å². The fourth-order valence-corrected chi connectivity index (χ4v) is 3.53. The van der Waals surface area contributed by atoms with Gasteiger partial charge >= 0.3 is 0 Å². The highest BCUT2D eigenvalue weighted by molar-refractivity contribution is 7.11. The summed E-state index contributed by atoms with van der Waals surface area (Å²) in [7, 11) is 0. The van der Waals surface area contributed by atoms with E-state index in [0.717, 1.165) is 30.0 Å². The van der Waals surface area contributed by atoms with Gasteiger partial charge in [-0.2, -0.15) is 0 Å². The lowest BCUT2D eigenvalue weighted by atomic mass is 9.91. The van der Waals surface area contributed by atoms with E-state index in [1.165, 1.54) is 30.6 Å². The molecule has 1 aromatic rings. The molecule has 1 N–H and O–H groups in total. The molecule has 0 aromatic carbocycles. The third kappa shape index (κ3) is 2.83. The Hall–Kier alpha value is -0.410. The Kier molecular flexibility index (Phi) is 3.65. The van der Waals surface area contributed by atoms with Crippen molar-refractivity contribution in [3.8, 4) is 0 Å². The van der Waals surface area contributed by atoms with Gasteiger partial charge in [0.25, 0.3) is 0 Å². The lowest BCUT2D eigenvalue weighted by molar-refractivity contribution is 0.0252. The van der Waals surface area contributed by atoms with E-state index >= 15 is 0 Å². The van der Waals surface area contributed by atoms with Crippen LogP contribution >= 0.6 is 11.3 Å². The van der Waals surface area contributed by atoms with Crippen LogP contribution in [0.3, 0.4) is 0 Å². The number of hydrogen-bond acceptors (Lipinski definition) is 3. The largest absolute Gasteiger partial charge is 0.389 e. The molecule has 1 fully saturated rings. The van der Waals surface area contributed by atoms with E-state index in [2.05, 4.69) is 11.9 Å². The van der Waals surface area contributed by atoms with Crippen molar-refractivity contribution in [1.82, 2.24) is 4.98 Å². The maximum Gasteiger partial charge on any atom is 0.0959 e. The highest BCUT2D eigenvalue weighted by Gasteiger charge is 2.29. The number of aromatic nitrogens is 1. The molecule has 0 saturated heterocycles. The van der Waals surface area contributed by atoms with Crippen LogP contribution in [0.1, 0.15) is 54.1 Å². The average molecular weight is 239 g/mol. The standard InChI is InChI=1S/C13H21NOS/c1-10-11(2)16-12(14-10)9-13(15)7-5-3-4-6-8-13/h15H,3-9H2,1-2H3. The average Bonchev–Trinajstić information content (AvgIpc) is 2.42. The van der Waals surface area contributed by atoms with Crippen molar-refractivity contribution in [2.45, 2.75) is 64.4 Å². The molecule has 0 aliphatic heterocycles. The minimum atomic E-state index is -0.479. The van der Waals surface area contributed by atoms with Crippen LogP contribution in [0.4, 0.5) is 0 Å². The number of nitrogens with zero attached hydrogens (tertiary/aromatic N) is 1. The summed E-state index contributed by atoms with van der Waals surface area (Å²) in [6.07, 6.45) is 7.54. The van der Waals surface area contributed by atoms with E-state index in [4.69, 9.17) is 0 Å². The predicted molar refractivity (Wildman–Crippen MR) is 67.9 cm³/mol. The summed E-state index contributed by atoms with van der Waals surface area (Å²) in [6.45, 7) is 4.15. The lowest BCUT2D eigenvalue weighted by Gasteiger charge is -2.25. The Morgan fingerprint density at radius 1 is 1.19 bits per heavy atom. The van der Waals surface area contributed by atoms with Crippen LogP contribution < -0.4 is 0 Å². The van der Waals surface area contributed by atoms with Gasteiger partial charge in [-0.3, -0.25) is 0 Å². The second-order valence-corrected chi connectivity index (χ2v) is 6.35. The highest BCUT2D eigenvalue weighted by atomic mass is 32.1. The SMILES string of the molecule is Cc1nc(CC2(O)CCCCCC2)sc1C. The minimum absolute atomic E-state index is 0.479. The first-order chi connectivity index (χ1) is 7.59. The van der Waals surface area contributed by atoms with Gasteiger partial charge in [0.2, 0.25) is 0 Å².